The molecule has 1 saturated heterocycles. The Kier molecular flexibility index (Phi) is 7.53. The molecule has 11 heteroatoms. The Morgan fingerprint density at radius 2 is 1.91 bits per heavy atom. The van der Waals surface area contributed by atoms with E-state index in [0.29, 0.717) is 42.0 Å². The van der Waals surface area contributed by atoms with Gasteiger partial charge < -0.3 is 15.5 Å². The minimum atomic E-state index is -4.75. The van der Waals surface area contributed by atoms with E-state index >= 15 is 0 Å². The molecule has 1 aliphatic heterocycles. The first-order chi connectivity index (χ1) is 15.4. The van der Waals surface area contributed by atoms with Crippen LogP contribution in [0.5, 0.6) is 5.75 Å². The maximum Gasteiger partial charge on any atom is 0.573 e. The fourth-order valence-electron chi connectivity index (χ4n) is 3.70. The van der Waals surface area contributed by atoms with Gasteiger partial charge in [0.15, 0.2) is 0 Å². The molecule has 0 aromatic heterocycles. The molecule has 1 heterocycles. The third-order valence-electron chi connectivity index (χ3n) is 5.02. The smallest absolute Gasteiger partial charge is 0.406 e. The van der Waals surface area contributed by atoms with E-state index in [9.17, 15) is 22.4 Å². The largest absolute Gasteiger partial charge is 0.573 e. The van der Waals surface area contributed by atoms with Gasteiger partial charge in [-0.15, -0.1) is 13.2 Å². The number of hydrogen-bond acceptors (Lipinski definition) is 6. The second-order valence-corrected chi connectivity index (χ2v) is 8.49. The number of nitrogens with one attached hydrogen (secondary N) is 3. The number of hydrogen-bond donors (Lipinski definition) is 3. The summed E-state index contributed by atoms with van der Waals surface area (Å²) in [6.45, 7) is 4.85. The molecule has 1 amide bonds. The van der Waals surface area contributed by atoms with Gasteiger partial charge in [0, 0.05) is 42.9 Å². The number of nitrogens with zero attached hydrogens (tertiary/aromatic N) is 1. The summed E-state index contributed by atoms with van der Waals surface area (Å²) in [5.74, 6) is -1.52. The molecule has 0 bridgehead atoms. The number of carbonyl (C=O) groups is 1. The van der Waals surface area contributed by atoms with Crippen molar-refractivity contribution in [3.63, 3.8) is 0 Å². The number of amides is 1. The number of likely N-dealkylation sites (tertiary alicyclic amines) is 1. The van der Waals surface area contributed by atoms with Crippen LogP contribution < -0.4 is 14.8 Å². The number of ether oxygens (including phenoxy) is 1. The Labute approximate surface area is 193 Å². The monoisotopic (exact) mass is 484 g/mol. The molecule has 1 aliphatic rings. The highest BCUT2D eigenvalue weighted by molar-refractivity contribution is 7.97. The molecule has 0 atom stereocenters. The molecule has 0 unspecified atom stereocenters. The highest BCUT2D eigenvalue weighted by Crippen LogP contribution is 2.28. The Bertz CT molecular complexity index is 1060. The van der Waals surface area contributed by atoms with Crippen molar-refractivity contribution in [3.05, 3.63) is 58.4 Å². The van der Waals surface area contributed by atoms with Crippen LogP contribution in [0.25, 0.3) is 0 Å². The van der Waals surface area contributed by atoms with Gasteiger partial charge >= 0.3 is 6.36 Å². The number of benzene rings is 2. The Morgan fingerprint density at radius 1 is 1.21 bits per heavy atom. The first-order valence-corrected chi connectivity index (χ1v) is 11.2. The summed E-state index contributed by atoms with van der Waals surface area (Å²) in [6.07, 6.45) is -3.10. The minimum Gasteiger partial charge on any atom is -0.406 e. The molecule has 0 radical (unpaired) electrons. The first-order valence-electron chi connectivity index (χ1n) is 10.0. The van der Waals surface area contributed by atoms with E-state index in [-0.39, 0.29) is 23.1 Å². The van der Waals surface area contributed by atoms with Crippen LogP contribution in [-0.4, -0.2) is 48.3 Å². The van der Waals surface area contributed by atoms with Crippen LogP contribution in [0, 0.1) is 18.2 Å². The van der Waals surface area contributed by atoms with Crippen LogP contribution in [0.15, 0.2) is 30.3 Å². The summed E-state index contributed by atoms with van der Waals surface area (Å²) in [5, 5.41) is 11.2. The molecule has 0 aliphatic carbocycles. The van der Waals surface area contributed by atoms with Crippen LogP contribution >= 0.6 is 11.9 Å². The number of aryl methyl sites for hydroxylation is 1. The van der Waals surface area contributed by atoms with Gasteiger partial charge in [-0.05, 0) is 49.2 Å². The van der Waals surface area contributed by atoms with Gasteiger partial charge in [0.05, 0.1) is 11.6 Å². The molecule has 6 nitrogen and oxygen atoms in total. The Balaban J connectivity index is 1.65. The quantitative estimate of drug-likeness (QED) is 0.287. The van der Waals surface area contributed by atoms with Crippen LogP contribution in [0.2, 0.25) is 0 Å². The fourth-order valence-corrected chi connectivity index (χ4v) is 4.00. The molecule has 3 rings (SSSR count). The molecular weight excluding hydrogens is 460 g/mol. The van der Waals surface area contributed by atoms with Gasteiger partial charge in [-0.1, -0.05) is 18.0 Å². The van der Waals surface area contributed by atoms with E-state index < -0.39 is 18.1 Å². The lowest BCUT2D eigenvalue weighted by Crippen LogP contribution is -2.54. The topological polar surface area (TPSA) is 77.5 Å². The van der Waals surface area contributed by atoms with Crippen LogP contribution in [0.1, 0.15) is 34.0 Å². The lowest BCUT2D eigenvalue weighted by atomic mass is 10.0. The average molecular weight is 485 g/mol. The van der Waals surface area contributed by atoms with Crippen LogP contribution in [-0.2, 0) is 6.54 Å². The molecule has 0 spiro atoms. The van der Waals surface area contributed by atoms with Crippen molar-refractivity contribution in [2.24, 2.45) is 0 Å². The van der Waals surface area contributed by atoms with E-state index in [2.05, 4.69) is 14.8 Å². The number of carbonyl (C=O) groups excluding carboxylic acids is 1. The second-order valence-electron chi connectivity index (χ2n) is 7.88. The number of alkyl halides is 3. The normalized spacial score (nSPS) is 14.5. The second kappa shape index (κ2) is 10.0. The molecular formula is C22H24F4N4O2S. The van der Waals surface area contributed by atoms with Gasteiger partial charge in [-0.2, -0.15) is 0 Å². The molecule has 1 fully saturated rings. The van der Waals surface area contributed by atoms with Crippen molar-refractivity contribution >= 4 is 29.3 Å². The van der Waals surface area contributed by atoms with Crippen molar-refractivity contribution in [2.75, 3.05) is 24.7 Å². The maximum absolute atomic E-state index is 14.5. The van der Waals surface area contributed by atoms with Crippen molar-refractivity contribution < 1.29 is 27.1 Å². The maximum atomic E-state index is 14.5. The van der Waals surface area contributed by atoms with Crippen molar-refractivity contribution in [2.45, 2.75) is 32.8 Å². The zero-order valence-corrected chi connectivity index (χ0v) is 19.1. The zero-order valence-electron chi connectivity index (χ0n) is 18.3. The molecule has 33 heavy (non-hydrogen) atoms. The first kappa shape index (κ1) is 24.8. The van der Waals surface area contributed by atoms with E-state index in [1.807, 2.05) is 4.90 Å². The Morgan fingerprint density at radius 3 is 2.52 bits per heavy atom. The SMILES string of the molecule is CSNC(=O)c1cc(C(C)=N)c(NC2CN(Cc3cc(C)cc(OC(F)(F)F)c3)C2)cc1F. The van der Waals surface area contributed by atoms with Gasteiger partial charge in [0.2, 0.25) is 0 Å². The molecule has 0 saturated carbocycles. The zero-order chi connectivity index (χ0) is 24.3. The summed E-state index contributed by atoms with van der Waals surface area (Å²) in [5.41, 5.74) is 2.25. The fraction of sp³-hybridized carbons (Fsp3) is 0.364. The number of halogens is 4. The van der Waals surface area contributed by atoms with Crippen molar-refractivity contribution in [1.82, 2.24) is 9.62 Å². The number of anilines is 1. The highest BCUT2D eigenvalue weighted by atomic mass is 32.2. The minimum absolute atomic E-state index is 0.0379. The molecule has 2 aromatic rings. The van der Waals surface area contributed by atoms with E-state index in [0.717, 1.165) is 11.9 Å². The Hall–Kier alpha value is -2.79. The predicted octanol–water partition coefficient (Wildman–Crippen LogP) is 4.72. The highest BCUT2D eigenvalue weighted by Gasteiger charge is 2.32. The van der Waals surface area contributed by atoms with E-state index in [1.165, 1.54) is 24.3 Å². The van der Waals surface area contributed by atoms with Crippen LogP contribution in [0.3, 0.4) is 0 Å². The molecule has 2 aromatic carbocycles. The van der Waals surface area contributed by atoms with Gasteiger partial charge in [-0.3, -0.25) is 14.4 Å². The van der Waals surface area contributed by atoms with E-state index in [4.69, 9.17) is 5.41 Å². The van der Waals surface area contributed by atoms with Gasteiger partial charge in [0.1, 0.15) is 11.6 Å². The standard InChI is InChI=1S/C22H24F4N4O2S/c1-12-4-14(6-16(5-12)32-22(24,25)26)9-30-10-15(11-30)28-20-8-19(23)18(21(31)29-33-3)7-17(20)13(2)27/h4-8,15,27-28H,9-11H2,1-3H3,(H,29,31). The number of rotatable bonds is 8. The third kappa shape index (κ3) is 6.61. The van der Waals surface area contributed by atoms with Crippen LogP contribution in [0.4, 0.5) is 23.2 Å². The lowest BCUT2D eigenvalue weighted by molar-refractivity contribution is -0.274. The van der Waals surface area contributed by atoms with Gasteiger partial charge in [-0.25, -0.2) is 4.39 Å². The average Bonchev–Trinajstić information content (AvgIpc) is 2.64. The third-order valence-corrected chi connectivity index (χ3v) is 5.41. The summed E-state index contributed by atoms with van der Waals surface area (Å²) in [7, 11) is 0. The predicted molar refractivity (Wildman–Crippen MR) is 120 cm³/mol. The molecule has 178 valence electrons. The van der Waals surface area contributed by atoms with E-state index in [1.54, 1.807) is 26.2 Å². The molecule has 3 N–H and O–H groups in total. The summed E-state index contributed by atoms with van der Waals surface area (Å²) < 4.78 is 58.6. The summed E-state index contributed by atoms with van der Waals surface area (Å²) in [6, 6.07) is 7.03. The van der Waals surface area contributed by atoms with Crippen molar-refractivity contribution in [1.29, 1.82) is 5.41 Å². The summed E-state index contributed by atoms with van der Waals surface area (Å²) >= 11 is 1.06. The summed E-state index contributed by atoms with van der Waals surface area (Å²) in [4.78, 5) is 14.1. The van der Waals surface area contributed by atoms with Gasteiger partial charge in [0.25, 0.3) is 5.91 Å². The van der Waals surface area contributed by atoms with Crippen molar-refractivity contribution in [3.8, 4) is 5.75 Å². The lowest BCUT2D eigenvalue weighted by Gasteiger charge is -2.40.